The van der Waals surface area contributed by atoms with Gasteiger partial charge in [0, 0.05) is 12.2 Å². The van der Waals surface area contributed by atoms with Gasteiger partial charge in [-0.1, -0.05) is 66.4 Å². The quantitative estimate of drug-likeness (QED) is 0.217. The molecule has 31 heavy (non-hydrogen) atoms. The van der Waals surface area contributed by atoms with Gasteiger partial charge in [-0.05, 0) is 31.5 Å². The van der Waals surface area contributed by atoms with E-state index in [9.17, 15) is 4.79 Å². The van der Waals surface area contributed by atoms with E-state index in [2.05, 4.69) is 32.6 Å². The van der Waals surface area contributed by atoms with Crippen LogP contribution >= 0.6 is 11.8 Å². The number of benzene rings is 2. The maximum absolute atomic E-state index is 12.5. The minimum absolute atomic E-state index is 0.197. The summed E-state index contributed by atoms with van der Waals surface area (Å²) in [6, 6.07) is 19.6. The van der Waals surface area contributed by atoms with Crippen LogP contribution in [0.15, 0.2) is 83.6 Å². The van der Waals surface area contributed by atoms with Crippen molar-refractivity contribution in [3.8, 4) is 0 Å². The second kappa shape index (κ2) is 11.1. The van der Waals surface area contributed by atoms with Gasteiger partial charge in [0.25, 0.3) is 5.91 Å². The fourth-order valence-electron chi connectivity index (χ4n) is 2.77. The Morgan fingerprint density at radius 1 is 1.16 bits per heavy atom. The molecule has 2 N–H and O–H groups in total. The van der Waals surface area contributed by atoms with Crippen LogP contribution in [-0.4, -0.2) is 31.6 Å². The van der Waals surface area contributed by atoms with Gasteiger partial charge in [-0.25, -0.2) is 5.43 Å². The van der Waals surface area contributed by atoms with Crippen molar-refractivity contribution in [2.24, 2.45) is 5.10 Å². The molecule has 0 aliphatic heterocycles. The predicted molar refractivity (Wildman–Crippen MR) is 126 cm³/mol. The van der Waals surface area contributed by atoms with Crippen molar-refractivity contribution in [3.63, 3.8) is 0 Å². The van der Waals surface area contributed by atoms with Crippen LogP contribution in [0, 0.1) is 0 Å². The Morgan fingerprint density at radius 2 is 1.84 bits per heavy atom. The molecule has 3 rings (SSSR count). The number of hydrazone groups is 1. The summed E-state index contributed by atoms with van der Waals surface area (Å²) < 4.78 is 1.95. The molecule has 0 saturated heterocycles. The predicted octanol–water partition coefficient (Wildman–Crippen LogP) is 4.10. The first-order chi connectivity index (χ1) is 15.1. The second-order valence-corrected chi connectivity index (χ2v) is 8.12. The van der Waals surface area contributed by atoms with Crippen LogP contribution in [0.3, 0.4) is 0 Å². The number of rotatable bonds is 10. The Hall–Kier alpha value is -3.39. The minimum atomic E-state index is -0.393. The van der Waals surface area contributed by atoms with Gasteiger partial charge in [-0.15, -0.1) is 16.8 Å². The molecule has 0 radical (unpaired) electrons. The molecule has 160 valence electrons. The van der Waals surface area contributed by atoms with Gasteiger partial charge in [-0.2, -0.15) is 5.10 Å². The molecule has 0 fully saturated rings. The molecule has 7 nitrogen and oxygen atoms in total. The minimum Gasteiger partial charge on any atom is -0.378 e. The van der Waals surface area contributed by atoms with Gasteiger partial charge < -0.3 is 9.88 Å². The summed E-state index contributed by atoms with van der Waals surface area (Å²) in [4.78, 5) is 12.5. The summed E-state index contributed by atoms with van der Waals surface area (Å²) in [5.41, 5.74) is 5.36. The average Bonchev–Trinajstić information content (AvgIpc) is 3.18. The lowest BCUT2D eigenvalue weighted by atomic mass is 10.1. The maximum atomic E-state index is 12.5. The summed E-state index contributed by atoms with van der Waals surface area (Å²) >= 11 is 1.34. The molecule has 0 aliphatic carbocycles. The van der Waals surface area contributed by atoms with E-state index in [4.69, 9.17) is 0 Å². The van der Waals surface area contributed by atoms with Crippen LogP contribution in [0.2, 0.25) is 0 Å². The molecule has 1 amide bonds. The summed E-state index contributed by atoms with van der Waals surface area (Å²) in [6.07, 6.45) is 1.79. The standard InChI is InChI=1S/C23H26N6OS/c1-4-15-29-21(16-24-20-13-9-6-10-14-20)26-28-23(29)31-18(3)22(30)27-25-17(2)19-11-7-5-8-12-19/h4-14,18,24H,1,15-16H2,2-3H3,(H,27,30). The van der Waals surface area contributed by atoms with Gasteiger partial charge in [-0.3, -0.25) is 4.79 Å². The number of allylic oxidation sites excluding steroid dienone is 1. The van der Waals surface area contributed by atoms with Crippen LogP contribution in [0.1, 0.15) is 25.2 Å². The second-order valence-electron chi connectivity index (χ2n) is 6.82. The number of nitrogens with zero attached hydrogens (tertiary/aromatic N) is 4. The molecule has 3 aromatic rings. The Bertz CT molecular complexity index is 1030. The maximum Gasteiger partial charge on any atom is 0.253 e. The Morgan fingerprint density at radius 3 is 2.52 bits per heavy atom. The van der Waals surface area contributed by atoms with Gasteiger partial charge in [0.15, 0.2) is 11.0 Å². The van der Waals surface area contributed by atoms with E-state index >= 15 is 0 Å². The fourth-order valence-corrected chi connectivity index (χ4v) is 3.64. The molecule has 1 heterocycles. The van der Waals surface area contributed by atoms with Crippen LogP contribution in [0.25, 0.3) is 0 Å². The normalized spacial score (nSPS) is 12.3. The molecular formula is C23H26N6OS. The van der Waals surface area contributed by atoms with E-state index in [1.165, 1.54) is 11.8 Å². The first kappa shape index (κ1) is 22.3. The largest absolute Gasteiger partial charge is 0.378 e. The van der Waals surface area contributed by atoms with Gasteiger partial charge in [0.05, 0.1) is 17.5 Å². The number of anilines is 1. The Balaban J connectivity index is 1.63. The highest BCUT2D eigenvalue weighted by Gasteiger charge is 2.19. The van der Waals surface area contributed by atoms with Crippen molar-refractivity contribution in [1.29, 1.82) is 0 Å². The van der Waals surface area contributed by atoms with Crippen molar-refractivity contribution < 1.29 is 4.79 Å². The lowest BCUT2D eigenvalue weighted by Crippen LogP contribution is -2.28. The summed E-state index contributed by atoms with van der Waals surface area (Å²) in [5.74, 6) is 0.578. The third kappa shape index (κ3) is 6.29. The highest BCUT2D eigenvalue weighted by Crippen LogP contribution is 2.23. The molecule has 0 aliphatic rings. The zero-order chi connectivity index (χ0) is 22.1. The van der Waals surface area contributed by atoms with E-state index < -0.39 is 5.25 Å². The lowest BCUT2D eigenvalue weighted by molar-refractivity contribution is -0.120. The molecule has 8 heteroatoms. The number of hydrogen-bond donors (Lipinski definition) is 2. The number of nitrogens with one attached hydrogen (secondary N) is 2. The Kier molecular flexibility index (Phi) is 8.00. The molecule has 0 bridgehead atoms. The van der Waals surface area contributed by atoms with E-state index in [1.54, 1.807) is 6.08 Å². The number of amides is 1. The van der Waals surface area contributed by atoms with E-state index in [1.807, 2.05) is 79.1 Å². The van der Waals surface area contributed by atoms with Gasteiger partial charge in [0.2, 0.25) is 0 Å². The monoisotopic (exact) mass is 434 g/mol. The smallest absolute Gasteiger partial charge is 0.253 e. The van der Waals surface area contributed by atoms with Crippen LogP contribution in [0.4, 0.5) is 5.69 Å². The summed E-state index contributed by atoms with van der Waals surface area (Å²) in [7, 11) is 0. The van der Waals surface area contributed by atoms with Crippen molar-refractivity contribution >= 4 is 29.1 Å². The first-order valence-corrected chi connectivity index (χ1v) is 10.8. The van der Waals surface area contributed by atoms with Crippen LogP contribution in [-0.2, 0) is 17.9 Å². The highest BCUT2D eigenvalue weighted by atomic mass is 32.2. The molecule has 2 aromatic carbocycles. The number of hydrogen-bond acceptors (Lipinski definition) is 6. The molecule has 1 unspecified atom stereocenters. The molecule has 1 atom stereocenters. The number of carbonyl (C=O) groups excluding carboxylic acids is 1. The summed E-state index contributed by atoms with van der Waals surface area (Å²) in [6.45, 7) is 8.58. The van der Waals surface area contributed by atoms with Crippen molar-refractivity contribution in [2.45, 2.75) is 37.3 Å². The van der Waals surface area contributed by atoms with Crippen molar-refractivity contribution in [3.05, 3.63) is 84.7 Å². The van der Waals surface area contributed by atoms with Crippen molar-refractivity contribution in [2.75, 3.05) is 5.32 Å². The zero-order valence-corrected chi connectivity index (χ0v) is 18.5. The molecule has 0 saturated carbocycles. The average molecular weight is 435 g/mol. The zero-order valence-electron chi connectivity index (χ0n) is 17.7. The first-order valence-electron chi connectivity index (χ1n) is 9.96. The number of para-hydroxylation sites is 1. The third-order valence-electron chi connectivity index (χ3n) is 4.51. The van der Waals surface area contributed by atoms with Gasteiger partial charge >= 0.3 is 0 Å². The van der Waals surface area contributed by atoms with E-state index in [0.29, 0.717) is 18.2 Å². The van der Waals surface area contributed by atoms with Crippen molar-refractivity contribution in [1.82, 2.24) is 20.2 Å². The lowest BCUT2D eigenvalue weighted by Gasteiger charge is -2.12. The Labute approximate surface area is 186 Å². The van der Waals surface area contributed by atoms with E-state index in [0.717, 1.165) is 22.8 Å². The summed E-state index contributed by atoms with van der Waals surface area (Å²) in [5, 5.41) is 16.4. The highest BCUT2D eigenvalue weighted by molar-refractivity contribution is 8.00. The SMILES string of the molecule is C=CCn1c(CNc2ccccc2)nnc1SC(C)C(=O)NN=C(C)c1ccccc1. The molecular weight excluding hydrogens is 408 g/mol. The molecule has 1 aromatic heterocycles. The van der Waals surface area contributed by atoms with Gasteiger partial charge in [0.1, 0.15) is 0 Å². The third-order valence-corrected chi connectivity index (χ3v) is 5.59. The van der Waals surface area contributed by atoms with Crippen LogP contribution in [0.5, 0.6) is 0 Å². The van der Waals surface area contributed by atoms with E-state index in [-0.39, 0.29) is 5.91 Å². The van der Waals surface area contributed by atoms with Crippen LogP contribution < -0.4 is 10.7 Å². The fraction of sp³-hybridized carbons (Fsp3) is 0.217. The molecule has 0 spiro atoms. The number of carbonyl (C=O) groups is 1. The topological polar surface area (TPSA) is 84.2 Å². The number of thioether (sulfide) groups is 1. The number of aromatic nitrogens is 3.